The highest BCUT2D eigenvalue weighted by Gasteiger charge is 2.29. The molecule has 0 unspecified atom stereocenters. The van der Waals surface area contributed by atoms with Crippen molar-refractivity contribution < 1.29 is 13.6 Å². The van der Waals surface area contributed by atoms with Crippen molar-refractivity contribution in [3.63, 3.8) is 0 Å². The largest absolute Gasteiger partial charge is 0.425 e. The molecule has 4 aromatic rings. The predicted molar refractivity (Wildman–Crippen MR) is 114 cm³/mol. The molecule has 1 aliphatic carbocycles. The van der Waals surface area contributed by atoms with E-state index in [4.69, 9.17) is 16.0 Å². The lowest BCUT2D eigenvalue weighted by molar-refractivity contribution is -0.122. The molecule has 0 spiro atoms. The summed E-state index contributed by atoms with van der Waals surface area (Å²) in [5, 5.41) is 11.6. The SMILES string of the molecule is O=C(NCCc1nnc(Cc2nc3ccc(-c4ccc(Cl)s4)c(F)c3s2)o1)C1CC1. The fraction of sp³-hybridized carbons (Fsp3) is 0.300. The zero-order chi connectivity index (χ0) is 20.7. The number of fused-ring (bicyclic) bond motifs is 1. The van der Waals surface area contributed by atoms with E-state index in [1.807, 2.05) is 12.1 Å². The third-order valence-corrected chi connectivity index (χ3v) is 7.11. The Labute approximate surface area is 184 Å². The zero-order valence-electron chi connectivity index (χ0n) is 15.7. The molecule has 1 saturated carbocycles. The minimum absolute atomic E-state index is 0.0930. The number of carbonyl (C=O) groups is 1. The van der Waals surface area contributed by atoms with Crippen LogP contribution in [-0.4, -0.2) is 27.6 Å². The first kappa shape index (κ1) is 19.6. The Balaban J connectivity index is 1.28. The van der Waals surface area contributed by atoms with E-state index in [2.05, 4.69) is 20.5 Å². The van der Waals surface area contributed by atoms with Crippen molar-refractivity contribution >= 4 is 50.4 Å². The Morgan fingerprint density at radius 2 is 2.03 bits per heavy atom. The highest BCUT2D eigenvalue weighted by Crippen LogP contribution is 2.37. The molecule has 10 heteroatoms. The molecular formula is C20H16ClFN4O2S2. The van der Waals surface area contributed by atoms with Crippen molar-refractivity contribution in [1.82, 2.24) is 20.5 Å². The van der Waals surface area contributed by atoms with Gasteiger partial charge in [-0.2, -0.15) is 0 Å². The highest BCUT2D eigenvalue weighted by atomic mass is 35.5. The van der Waals surface area contributed by atoms with E-state index in [9.17, 15) is 4.79 Å². The molecule has 0 aliphatic heterocycles. The number of benzene rings is 1. The summed E-state index contributed by atoms with van der Waals surface area (Å²) < 4.78 is 21.8. The van der Waals surface area contributed by atoms with Crippen molar-refractivity contribution in [3.8, 4) is 10.4 Å². The lowest BCUT2D eigenvalue weighted by atomic mass is 10.1. The molecule has 1 amide bonds. The summed E-state index contributed by atoms with van der Waals surface area (Å²) in [6.07, 6.45) is 2.76. The molecule has 30 heavy (non-hydrogen) atoms. The second kappa shape index (κ2) is 8.05. The van der Waals surface area contributed by atoms with Gasteiger partial charge in [-0.3, -0.25) is 4.79 Å². The number of amides is 1. The number of rotatable bonds is 7. The van der Waals surface area contributed by atoms with Crippen LogP contribution in [0.3, 0.4) is 0 Å². The van der Waals surface area contributed by atoms with Crippen molar-refractivity contribution in [2.24, 2.45) is 5.92 Å². The lowest BCUT2D eigenvalue weighted by Gasteiger charge is -2.00. The van der Waals surface area contributed by atoms with Gasteiger partial charge in [-0.15, -0.1) is 32.9 Å². The number of aromatic nitrogens is 3. The normalized spacial score (nSPS) is 13.8. The van der Waals surface area contributed by atoms with Gasteiger partial charge in [-0.25, -0.2) is 9.37 Å². The average Bonchev–Trinajstić information content (AvgIpc) is 3.12. The molecule has 3 heterocycles. The summed E-state index contributed by atoms with van der Waals surface area (Å²) in [4.78, 5) is 16.9. The summed E-state index contributed by atoms with van der Waals surface area (Å²) in [5.74, 6) is 0.858. The smallest absolute Gasteiger partial charge is 0.223 e. The topological polar surface area (TPSA) is 80.9 Å². The van der Waals surface area contributed by atoms with Gasteiger partial charge in [0.1, 0.15) is 5.01 Å². The third-order valence-electron chi connectivity index (χ3n) is 4.78. The molecule has 5 rings (SSSR count). The standard InChI is InChI=1S/C20H16ClFN4O2S2/c21-14-6-5-13(29-14)11-3-4-12-19(18(11)22)30-17(24-12)9-16-26-25-15(28-16)7-8-23-20(27)10-1-2-10/h3-6,10H,1-2,7-9H2,(H,23,27). The number of halogens is 2. The van der Waals surface area contributed by atoms with Gasteiger partial charge in [0.25, 0.3) is 0 Å². The fourth-order valence-corrected chi connectivity index (χ4v) is 5.16. The highest BCUT2D eigenvalue weighted by molar-refractivity contribution is 7.20. The van der Waals surface area contributed by atoms with Crippen LogP contribution in [0.25, 0.3) is 20.7 Å². The number of hydrogen-bond acceptors (Lipinski definition) is 7. The Morgan fingerprint density at radius 3 is 2.80 bits per heavy atom. The van der Waals surface area contributed by atoms with Gasteiger partial charge >= 0.3 is 0 Å². The quantitative estimate of drug-likeness (QED) is 0.424. The van der Waals surface area contributed by atoms with Crippen LogP contribution in [0.5, 0.6) is 0 Å². The van der Waals surface area contributed by atoms with Crippen molar-refractivity contribution in [1.29, 1.82) is 0 Å². The maximum atomic E-state index is 15.0. The second-order valence-electron chi connectivity index (χ2n) is 7.07. The number of nitrogens with one attached hydrogen (secondary N) is 1. The summed E-state index contributed by atoms with van der Waals surface area (Å²) in [5.41, 5.74) is 1.12. The Bertz CT molecular complexity index is 1230. The molecule has 0 bridgehead atoms. The first-order valence-corrected chi connectivity index (χ1v) is 11.5. The molecule has 6 nitrogen and oxygen atoms in total. The van der Waals surface area contributed by atoms with Gasteiger partial charge in [0, 0.05) is 29.3 Å². The first-order valence-electron chi connectivity index (χ1n) is 9.49. The fourth-order valence-electron chi connectivity index (χ4n) is 3.10. The van der Waals surface area contributed by atoms with E-state index in [0.29, 0.717) is 56.3 Å². The third kappa shape index (κ3) is 4.10. The van der Waals surface area contributed by atoms with Gasteiger partial charge in [-0.05, 0) is 37.1 Å². The van der Waals surface area contributed by atoms with Crippen LogP contribution in [0.2, 0.25) is 4.34 Å². The summed E-state index contributed by atoms with van der Waals surface area (Å²) in [6.45, 7) is 0.471. The van der Waals surface area contributed by atoms with Crippen LogP contribution in [0, 0.1) is 11.7 Å². The predicted octanol–water partition coefficient (Wildman–Crippen LogP) is 4.86. The van der Waals surface area contributed by atoms with Crippen molar-refractivity contribution in [2.45, 2.75) is 25.7 Å². The summed E-state index contributed by atoms with van der Waals surface area (Å²) in [7, 11) is 0. The van der Waals surface area contributed by atoms with Crippen LogP contribution in [-0.2, 0) is 17.6 Å². The average molecular weight is 463 g/mol. The van der Waals surface area contributed by atoms with Crippen molar-refractivity contribution in [3.05, 3.63) is 51.2 Å². The minimum Gasteiger partial charge on any atom is -0.425 e. The van der Waals surface area contributed by atoms with Gasteiger partial charge < -0.3 is 9.73 Å². The maximum absolute atomic E-state index is 15.0. The molecule has 1 N–H and O–H groups in total. The van der Waals surface area contributed by atoms with E-state index in [-0.39, 0.29) is 17.6 Å². The van der Waals surface area contributed by atoms with E-state index in [1.54, 1.807) is 12.1 Å². The second-order valence-corrected chi connectivity index (χ2v) is 9.87. The summed E-state index contributed by atoms with van der Waals surface area (Å²) >= 11 is 8.60. The number of nitrogens with zero attached hydrogens (tertiary/aromatic N) is 3. The van der Waals surface area contributed by atoms with Crippen LogP contribution in [0.15, 0.2) is 28.7 Å². The number of hydrogen-bond donors (Lipinski definition) is 1. The molecule has 154 valence electrons. The van der Waals surface area contributed by atoms with E-state index in [1.165, 1.54) is 22.7 Å². The van der Waals surface area contributed by atoms with E-state index in [0.717, 1.165) is 17.7 Å². The van der Waals surface area contributed by atoms with Crippen LogP contribution in [0.4, 0.5) is 4.39 Å². The molecule has 1 fully saturated rings. The van der Waals surface area contributed by atoms with Crippen LogP contribution >= 0.6 is 34.3 Å². The monoisotopic (exact) mass is 462 g/mol. The van der Waals surface area contributed by atoms with Gasteiger partial charge in [0.05, 0.1) is 21.0 Å². The molecule has 0 atom stereocenters. The first-order chi connectivity index (χ1) is 14.6. The van der Waals surface area contributed by atoms with Crippen LogP contribution in [0.1, 0.15) is 29.6 Å². The van der Waals surface area contributed by atoms with E-state index < -0.39 is 0 Å². The minimum atomic E-state index is -0.299. The van der Waals surface area contributed by atoms with Crippen molar-refractivity contribution in [2.75, 3.05) is 6.54 Å². The number of thiophene rings is 1. The molecule has 3 aromatic heterocycles. The lowest BCUT2D eigenvalue weighted by Crippen LogP contribution is -2.26. The zero-order valence-corrected chi connectivity index (χ0v) is 18.0. The maximum Gasteiger partial charge on any atom is 0.223 e. The number of carbonyl (C=O) groups excluding carboxylic acids is 1. The molecule has 1 aliphatic rings. The van der Waals surface area contributed by atoms with Gasteiger partial charge in [-0.1, -0.05) is 11.6 Å². The molecular weight excluding hydrogens is 447 g/mol. The molecule has 0 saturated heterocycles. The summed E-state index contributed by atoms with van der Waals surface area (Å²) in [6, 6.07) is 7.10. The van der Waals surface area contributed by atoms with E-state index >= 15 is 4.39 Å². The Kier molecular flexibility index (Phi) is 5.26. The Morgan fingerprint density at radius 1 is 1.20 bits per heavy atom. The Hall–Kier alpha value is -2.36. The molecule has 0 radical (unpaired) electrons. The van der Waals surface area contributed by atoms with Crippen LogP contribution < -0.4 is 5.32 Å². The van der Waals surface area contributed by atoms with Gasteiger partial charge in [0.2, 0.25) is 17.7 Å². The molecule has 1 aromatic carbocycles. The number of thiazole rings is 1. The van der Waals surface area contributed by atoms with Gasteiger partial charge in [0.15, 0.2) is 5.82 Å².